The molecule has 4 heteroatoms. The highest BCUT2D eigenvalue weighted by atomic mass is 16.1. The Morgan fingerprint density at radius 2 is 1.77 bits per heavy atom. The highest BCUT2D eigenvalue weighted by molar-refractivity contribution is 5.97. The molecule has 0 aromatic carbocycles. The summed E-state index contributed by atoms with van der Waals surface area (Å²) in [5.41, 5.74) is 16.7. The number of allylic oxidation sites excluding steroid dienone is 4. The van der Waals surface area contributed by atoms with Crippen molar-refractivity contribution in [2.75, 3.05) is 0 Å². The fourth-order valence-electron chi connectivity index (χ4n) is 0.841. The third-order valence-corrected chi connectivity index (χ3v) is 1.35. The number of carbonyl (C=O) groups is 1. The summed E-state index contributed by atoms with van der Waals surface area (Å²) in [5.74, 6) is -0.0335. The van der Waals surface area contributed by atoms with E-state index in [9.17, 15) is 4.79 Å². The van der Waals surface area contributed by atoms with E-state index in [0.717, 1.165) is 0 Å². The van der Waals surface area contributed by atoms with Gasteiger partial charge in [0.15, 0.2) is 5.78 Å². The van der Waals surface area contributed by atoms with E-state index in [4.69, 9.17) is 17.2 Å². The maximum atomic E-state index is 11.1. The van der Waals surface area contributed by atoms with E-state index in [1.54, 1.807) is 19.1 Å². The molecule has 0 aromatic heterocycles. The highest BCUT2D eigenvalue weighted by Crippen LogP contribution is 2.04. The van der Waals surface area contributed by atoms with Crippen LogP contribution in [0, 0.1) is 0 Å². The average Bonchev–Trinajstić information content (AvgIpc) is 1.97. The van der Waals surface area contributed by atoms with Crippen molar-refractivity contribution >= 4 is 5.78 Å². The molecule has 0 spiro atoms. The van der Waals surface area contributed by atoms with Gasteiger partial charge in [-0.05, 0) is 13.8 Å². The molecule has 0 heterocycles. The van der Waals surface area contributed by atoms with Crippen molar-refractivity contribution in [2.24, 2.45) is 17.2 Å². The fraction of sp³-hybridized carbons (Fsp3) is 0.222. The van der Waals surface area contributed by atoms with Gasteiger partial charge in [0.2, 0.25) is 0 Å². The number of hydrogen-bond donors (Lipinski definition) is 3. The monoisotopic (exact) mass is 181 g/mol. The Hall–Kier alpha value is -1.71. The van der Waals surface area contributed by atoms with Gasteiger partial charge in [0.05, 0.1) is 5.82 Å². The lowest BCUT2D eigenvalue weighted by Gasteiger charge is -2.00. The second-order valence-corrected chi connectivity index (χ2v) is 2.57. The van der Waals surface area contributed by atoms with E-state index in [1.165, 1.54) is 13.0 Å². The molecular formula is C9H15N3O. The minimum absolute atomic E-state index is 0.0840. The van der Waals surface area contributed by atoms with Gasteiger partial charge in [-0.25, -0.2) is 0 Å². The molecule has 4 nitrogen and oxygen atoms in total. The van der Waals surface area contributed by atoms with E-state index in [-0.39, 0.29) is 17.3 Å². The van der Waals surface area contributed by atoms with Crippen molar-refractivity contribution in [3.8, 4) is 0 Å². The molecule has 0 amide bonds. The predicted octanol–water partition coefficient (Wildman–Crippen LogP) is 0.123. The maximum absolute atomic E-state index is 11.1. The predicted molar refractivity (Wildman–Crippen MR) is 53.2 cm³/mol. The van der Waals surface area contributed by atoms with Crippen molar-refractivity contribution in [3.05, 3.63) is 35.3 Å². The van der Waals surface area contributed by atoms with Crippen LogP contribution in [0.2, 0.25) is 0 Å². The van der Waals surface area contributed by atoms with Crippen LogP contribution < -0.4 is 17.2 Å². The Balaban J connectivity index is 5.09. The molecule has 0 radical (unpaired) electrons. The third kappa shape index (κ3) is 4.00. The van der Waals surface area contributed by atoms with Crippen LogP contribution in [-0.2, 0) is 4.79 Å². The van der Waals surface area contributed by atoms with Crippen molar-refractivity contribution in [2.45, 2.75) is 13.8 Å². The van der Waals surface area contributed by atoms with Crippen LogP contribution in [0.1, 0.15) is 13.8 Å². The first-order valence-corrected chi connectivity index (χ1v) is 3.85. The normalized spacial score (nSPS) is 12.5. The average molecular weight is 181 g/mol. The summed E-state index contributed by atoms with van der Waals surface area (Å²) in [6.07, 6.45) is 4.71. The SMILES string of the molecule is C/C=C\C(C(C)=O)=C(/N)C=C(N)N. The van der Waals surface area contributed by atoms with Crippen LogP contribution in [0.25, 0.3) is 0 Å². The van der Waals surface area contributed by atoms with Gasteiger partial charge < -0.3 is 17.2 Å². The van der Waals surface area contributed by atoms with Crippen LogP contribution in [0.3, 0.4) is 0 Å². The Morgan fingerprint density at radius 1 is 1.23 bits per heavy atom. The van der Waals surface area contributed by atoms with E-state index >= 15 is 0 Å². The molecule has 0 fully saturated rings. The summed E-state index contributed by atoms with van der Waals surface area (Å²) >= 11 is 0. The van der Waals surface area contributed by atoms with E-state index < -0.39 is 0 Å². The molecule has 0 aromatic rings. The van der Waals surface area contributed by atoms with Crippen molar-refractivity contribution in [1.29, 1.82) is 0 Å². The molecule has 0 atom stereocenters. The summed E-state index contributed by atoms with van der Waals surface area (Å²) in [5, 5.41) is 0. The Bertz CT molecular complexity index is 283. The van der Waals surface area contributed by atoms with Gasteiger partial charge >= 0.3 is 0 Å². The van der Waals surface area contributed by atoms with E-state index in [2.05, 4.69) is 0 Å². The molecule has 0 unspecified atom stereocenters. The number of ketones is 1. The molecule has 72 valence electrons. The second-order valence-electron chi connectivity index (χ2n) is 2.57. The molecule has 0 aliphatic carbocycles. The lowest BCUT2D eigenvalue weighted by Crippen LogP contribution is -2.12. The first-order chi connectivity index (χ1) is 5.99. The lowest BCUT2D eigenvalue weighted by molar-refractivity contribution is -0.113. The molecule has 0 aliphatic heterocycles. The Kier molecular flexibility index (Phi) is 4.37. The van der Waals surface area contributed by atoms with Gasteiger partial charge in [-0.1, -0.05) is 12.2 Å². The minimum Gasteiger partial charge on any atom is -0.398 e. The van der Waals surface area contributed by atoms with Crippen LogP contribution in [0.15, 0.2) is 35.3 Å². The first kappa shape index (κ1) is 11.3. The molecule has 13 heavy (non-hydrogen) atoms. The summed E-state index contributed by atoms with van der Waals surface area (Å²) in [4.78, 5) is 11.1. The highest BCUT2D eigenvalue weighted by Gasteiger charge is 2.03. The summed E-state index contributed by atoms with van der Waals surface area (Å²) in [6.45, 7) is 3.23. The first-order valence-electron chi connectivity index (χ1n) is 3.85. The number of rotatable bonds is 3. The van der Waals surface area contributed by atoms with Crippen LogP contribution in [-0.4, -0.2) is 5.78 Å². The van der Waals surface area contributed by atoms with E-state index in [0.29, 0.717) is 5.57 Å². The van der Waals surface area contributed by atoms with Crippen molar-refractivity contribution < 1.29 is 4.79 Å². The topological polar surface area (TPSA) is 95.1 Å². The molecule has 0 saturated carbocycles. The van der Waals surface area contributed by atoms with Gasteiger partial charge in [-0.15, -0.1) is 0 Å². The van der Waals surface area contributed by atoms with Gasteiger partial charge in [-0.3, -0.25) is 4.79 Å². The largest absolute Gasteiger partial charge is 0.398 e. The summed E-state index contributed by atoms with van der Waals surface area (Å²) < 4.78 is 0. The van der Waals surface area contributed by atoms with Gasteiger partial charge in [0, 0.05) is 17.3 Å². The number of carbonyl (C=O) groups excluding carboxylic acids is 1. The molecular weight excluding hydrogens is 166 g/mol. The molecule has 0 aliphatic rings. The smallest absolute Gasteiger partial charge is 0.161 e. The standard InChI is InChI=1S/C9H15N3O/c1-3-4-7(6(2)13)8(10)5-9(11)12/h3-5H,10-12H2,1-2H3/b4-3-,8-7+. The zero-order valence-electron chi connectivity index (χ0n) is 7.87. The van der Waals surface area contributed by atoms with Crippen LogP contribution >= 0.6 is 0 Å². The van der Waals surface area contributed by atoms with Crippen molar-refractivity contribution in [1.82, 2.24) is 0 Å². The number of hydrogen-bond acceptors (Lipinski definition) is 4. The molecule has 0 rings (SSSR count). The zero-order chi connectivity index (χ0) is 10.4. The number of Topliss-reactive ketones (excluding diaryl/α,β-unsaturated/α-hetero) is 1. The number of nitrogens with two attached hydrogens (primary N) is 3. The van der Waals surface area contributed by atoms with Crippen LogP contribution in [0.5, 0.6) is 0 Å². The summed E-state index contributed by atoms with van der Waals surface area (Å²) in [6, 6.07) is 0. The van der Waals surface area contributed by atoms with E-state index in [1.807, 2.05) is 0 Å². The third-order valence-electron chi connectivity index (χ3n) is 1.35. The Morgan fingerprint density at radius 3 is 2.08 bits per heavy atom. The zero-order valence-corrected chi connectivity index (χ0v) is 7.87. The maximum Gasteiger partial charge on any atom is 0.161 e. The lowest BCUT2D eigenvalue weighted by atomic mass is 10.1. The van der Waals surface area contributed by atoms with Gasteiger partial charge in [0.25, 0.3) is 0 Å². The molecule has 0 saturated heterocycles. The quantitative estimate of drug-likeness (QED) is 0.426. The van der Waals surface area contributed by atoms with Gasteiger partial charge in [0.1, 0.15) is 0 Å². The summed E-state index contributed by atoms with van der Waals surface area (Å²) in [7, 11) is 0. The molecule has 0 bridgehead atoms. The molecule has 6 N–H and O–H groups in total. The Labute approximate surface area is 77.8 Å². The second kappa shape index (κ2) is 5.03. The van der Waals surface area contributed by atoms with Gasteiger partial charge in [-0.2, -0.15) is 0 Å². The van der Waals surface area contributed by atoms with Crippen molar-refractivity contribution in [3.63, 3.8) is 0 Å². The fourth-order valence-corrected chi connectivity index (χ4v) is 0.841. The minimum atomic E-state index is -0.117. The van der Waals surface area contributed by atoms with Crippen LogP contribution in [0.4, 0.5) is 0 Å².